The third kappa shape index (κ3) is 2.92. The van der Waals surface area contributed by atoms with Crippen molar-refractivity contribution in [3.8, 4) is 5.88 Å². The quantitative estimate of drug-likeness (QED) is 0.597. The van der Waals surface area contributed by atoms with Gasteiger partial charge >= 0.3 is 0 Å². The van der Waals surface area contributed by atoms with Crippen molar-refractivity contribution in [1.82, 2.24) is 14.6 Å². The molecule has 0 radical (unpaired) electrons. The predicted molar refractivity (Wildman–Crippen MR) is 97.6 cm³/mol. The summed E-state index contributed by atoms with van der Waals surface area (Å²) in [7, 11) is 2.25. The Morgan fingerprint density at radius 3 is 2.56 bits per heavy atom. The van der Waals surface area contributed by atoms with Crippen molar-refractivity contribution in [3.05, 3.63) is 46.1 Å². The number of nitrogens with zero attached hydrogens (tertiary/aromatic N) is 3. The minimum atomic E-state index is 0.128. The summed E-state index contributed by atoms with van der Waals surface area (Å²) in [6.45, 7) is 8.50. The van der Waals surface area contributed by atoms with Crippen molar-refractivity contribution in [2.24, 2.45) is 0 Å². The summed E-state index contributed by atoms with van der Waals surface area (Å²) in [5.41, 5.74) is 2.55. The van der Waals surface area contributed by atoms with Crippen LogP contribution in [0.1, 0.15) is 27.9 Å². The minimum Gasteiger partial charge on any atom is -0.492 e. The van der Waals surface area contributed by atoms with Crippen LogP contribution in [0, 0.1) is 13.8 Å². The van der Waals surface area contributed by atoms with E-state index in [9.17, 15) is 5.11 Å². The molecule has 0 spiro atoms. The summed E-state index contributed by atoms with van der Waals surface area (Å²) in [5.74, 6) is 0.934. The topological polar surface area (TPSA) is 59.3 Å². The number of rotatable bonds is 3. The summed E-state index contributed by atoms with van der Waals surface area (Å²) >= 11 is 1.56. The summed E-state index contributed by atoms with van der Waals surface area (Å²) in [4.78, 5) is 9.27. The van der Waals surface area contributed by atoms with Gasteiger partial charge < -0.3 is 14.9 Å². The lowest BCUT2D eigenvalue weighted by atomic mass is 9.98. The van der Waals surface area contributed by atoms with Crippen LogP contribution >= 0.6 is 11.3 Å². The van der Waals surface area contributed by atoms with Crippen LogP contribution in [0.2, 0.25) is 0 Å². The zero-order chi connectivity index (χ0) is 17.6. The lowest BCUT2D eigenvalue weighted by Gasteiger charge is -2.33. The Morgan fingerprint density at radius 2 is 1.88 bits per heavy atom. The molecule has 0 aliphatic carbocycles. The van der Waals surface area contributed by atoms with Gasteiger partial charge in [0.05, 0.1) is 7.05 Å². The Balaban J connectivity index is 1.83. The second kappa shape index (κ2) is 6.40. The minimum absolute atomic E-state index is 0.128. The summed E-state index contributed by atoms with van der Waals surface area (Å²) < 4.78 is 1.58. The number of fused-ring (bicyclic) bond motifs is 1. The highest BCUT2D eigenvalue weighted by molar-refractivity contribution is 7.17. The first kappa shape index (κ1) is 16.5. The molecule has 2 aromatic heterocycles. The van der Waals surface area contributed by atoms with Gasteiger partial charge in [0.1, 0.15) is 36.9 Å². The Bertz CT molecular complexity index is 894. The van der Waals surface area contributed by atoms with E-state index in [-0.39, 0.29) is 11.9 Å². The molecule has 25 heavy (non-hydrogen) atoms. The second-order valence-corrected chi connectivity index (χ2v) is 8.06. The third-order valence-electron chi connectivity index (χ3n) is 5.22. The SMILES string of the molecule is Cc1nc2sc([C@H](c3ccccc3C)[NH+]3CC[NH+](C)CC3)c(O)n2n1. The van der Waals surface area contributed by atoms with E-state index in [0.29, 0.717) is 5.82 Å². The van der Waals surface area contributed by atoms with Crippen LogP contribution in [0.15, 0.2) is 24.3 Å². The fraction of sp³-hybridized carbons (Fsp3) is 0.444. The van der Waals surface area contributed by atoms with Crippen LogP contribution in [0.3, 0.4) is 0 Å². The van der Waals surface area contributed by atoms with Crippen molar-refractivity contribution in [1.29, 1.82) is 0 Å². The van der Waals surface area contributed by atoms with E-state index in [1.807, 2.05) is 6.92 Å². The van der Waals surface area contributed by atoms with Crippen molar-refractivity contribution in [2.45, 2.75) is 19.9 Å². The van der Waals surface area contributed by atoms with Crippen LogP contribution in [-0.2, 0) is 0 Å². The molecule has 7 heteroatoms. The number of hydrogen-bond acceptors (Lipinski definition) is 4. The van der Waals surface area contributed by atoms with Gasteiger partial charge in [-0.3, -0.25) is 0 Å². The number of piperazine rings is 1. The normalized spacial score (nSPS) is 22.4. The molecule has 1 saturated heterocycles. The first-order valence-corrected chi connectivity index (χ1v) is 9.62. The van der Waals surface area contributed by atoms with E-state index >= 15 is 0 Å². The fourth-order valence-corrected chi connectivity index (χ4v) is 4.96. The lowest BCUT2D eigenvalue weighted by Crippen LogP contribution is -3.27. The molecule has 1 aliphatic rings. The molecule has 0 bridgehead atoms. The molecular formula is C18H25N5OS+2. The molecule has 3 aromatic rings. The maximum absolute atomic E-state index is 10.9. The standard InChI is InChI=1S/C18H23N5OS/c1-12-6-4-5-7-14(12)15(22-10-8-21(3)9-11-22)16-17(24)23-18(25-16)19-13(2)20-23/h4-7,15,24H,8-11H2,1-3H3/p+2/t15-/m0/s1. The number of quaternary nitrogens is 2. The molecule has 1 aromatic carbocycles. The van der Waals surface area contributed by atoms with Gasteiger partial charge in [0.15, 0.2) is 6.04 Å². The molecule has 1 aliphatic heterocycles. The van der Waals surface area contributed by atoms with Crippen LogP contribution < -0.4 is 9.80 Å². The smallest absolute Gasteiger partial charge is 0.235 e. The van der Waals surface area contributed by atoms with Crippen molar-refractivity contribution < 1.29 is 14.9 Å². The fourth-order valence-electron chi connectivity index (χ4n) is 3.78. The molecule has 0 amide bonds. The van der Waals surface area contributed by atoms with Crippen LogP contribution in [0.4, 0.5) is 0 Å². The molecule has 1 fully saturated rings. The largest absolute Gasteiger partial charge is 0.492 e. The molecule has 0 saturated carbocycles. The zero-order valence-electron chi connectivity index (χ0n) is 14.9. The van der Waals surface area contributed by atoms with E-state index in [4.69, 9.17) is 0 Å². The van der Waals surface area contributed by atoms with E-state index < -0.39 is 0 Å². The first-order chi connectivity index (χ1) is 12.0. The Morgan fingerprint density at radius 1 is 1.16 bits per heavy atom. The summed E-state index contributed by atoms with van der Waals surface area (Å²) in [6.07, 6.45) is 0. The predicted octanol–water partition coefficient (Wildman–Crippen LogP) is -0.384. The summed E-state index contributed by atoms with van der Waals surface area (Å²) in [6, 6.07) is 8.64. The first-order valence-electron chi connectivity index (χ1n) is 8.81. The second-order valence-electron chi connectivity index (χ2n) is 7.05. The third-order valence-corrected chi connectivity index (χ3v) is 6.31. The number of aromatic nitrogens is 3. The highest BCUT2D eigenvalue weighted by Gasteiger charge is 2.36. The highest BCUT2D eigenvalue weighted by atomic mass is 32.1. The Labute approximate surface area is 151 Å². The molecule has 4 rings (SSSR count). The van der Waals surface area contributed by atoms with Gasteiger partial charge in [-0.15, -0.1) is 5.10 Å². The highest BCUT2D eigenvalue weighted by Crippen LogP contribution is 2.35. The lowest BCUT2D eigenvalue weighted by molar-refractivity contribution is -1.02. The van der Waals surface area contributed by atoms with Crippen molar-refractivity contribution in [3.63, 3.8) is 0 Å². The number of benzene rings is 1. The average Bonchev–Trinajstić information content (AvgIpc) is 3.09. The van der Waals surface area contributed by atoms with E-state index in [2.05, 4.69) is 48.3 Å². The van der Waals surface area contributed by atoms with Crippen LogP contribution in [0.25, 0.3) is 4.96 Å². The summed E-state index contributed by atoms with van der Waals surface area (Å²) in [5, 5.41) is 15.2. The van der Waals surface area contributed by atoms with Crippen LogP contribution in [0.5, 0.6) is 5.88 Å². The van der Waals surface area contributed by atoms with Gasteiger partial charge in [-0.2, -0.15) is 4.52 Å². The van der Waals surface area contributed by atoms with Gasteiger partial charge in [0.25, 0.3) is 0 Å². The van der Waals surface area contributed by atoms with Gasteiger partial charge in [0, 0.05) is 5.56 Å². The number of aryl methyl sites for hydroxylation is 2. The molecule has 3 N–H and O–H groups in total. The molecular weight excluding hydrogens is 334 g/mol. The molecule has 3 heterocycles. The van der Waals surface area contributed by atoms with Crippen molar-refractivity contribution >= 4 is 16.3 Å². The van der Waals surface area contributed by atoms with Crippen molar-refractivity contribution in [2.75, 3.05) is 33.2 Å². The average molecular weight is 359 g/mol. The number of thiazole rings is 1. The molecule has 132 valence electrons. The maximum Gasteiger partial charge on any atom is 0.235 e. The van der Waals surface area contributed by atoms with Gasteiger partial charge in [-0.05, 0) is 19.4 Å². The van der Waals surface area contributed by atoms with Gasteiger partial charge in [0.2, 0.25) is 10.8 Å². The monoisotopic (exact) mass is 359 g/mol. The van der Waals surface area contributed by atoms with Gasteiger partial charge in [-0.1, -0.05) is 35.6 Å². The van der Waals surface area contributed by atoms with Gasteiger partial charge in [-0.25, -0.2) is 4.98 Å². The molecule has 6 nitrogen and oxygen atoms in total. The van der Waals surface area contributed by atoms with E-state index in [1.165, 1.54) is 16.0 Å². The molecule has 0 unspecified atom stereocenters. The Kier molecular flexibility index (Phi) is 4.23. The maximum atomic E-state index is 10.9. The number of hydrogen-bond donors (Lipinski definition) is 3. The number of nitrogens with one attached hydrogen (secondary N) is 2. The number of likely N-dealkylation sites (N-methyl/N-ethyl adjacent to an activating group) is 1. The zero-order valence-corrected chi connectivity index (χ0v) is 15.7. The number of aromatic hydroxyl groups is 1. The molecule has 1 atom stereocenters. The van der Waals surface area contributed by atoms with E-state index in [0.717, 1.165) is 36.0 Å². The van der Waals surface area contributed by atoms with E-state index in [1.54, 1.807) is 20.8 Å². The van der Waals surface area contributed by atoms with Crippen LogP contribution in [-0.4, -0.2) is 52.9 Å². The Hall–Kier alpha value is -1.96.